The van der Waals surface area contributed by atoms with Crippen molar-refractivity contribution < 1.29 is 14.3 Å². The van der Waals surface area contributed by atoms with E-state index >= 15 is 0 Å². The largest absolute Gasteiger partial charge is 0.485 e. The molecular formula is C21H19ClN2O3. The molecule has 0 saturated heterocycles. The first kappa shape index (κ1) is 18.7. The minimum Gasteiger partial charge on any atom is -0.485 e. The number of nitrogens with one attached hydrogen (secondary N) is 2. The van der Waals surface area contributed by atoms with Gasteiger partial charge in [-0.25, -0.2) is 0 Å². The van der Waals surface area contributed by atoms with E-state index in [9.17, 15) is 9.59 Å². The van der Waals surface area contributed by atoms with Crippen molar-refractivity contribution in [2.24, 2.45) is 0 Å². The van der Waals surface area contributed by atoms with Gasteiger partial charge in [0.05, 0.1) is 0 Å². The molecule has 0 saturated carbocycles. The Kier molecular flexibility index (Phi) is 5.62. The molecule has 0 radical (unpaired) electrons. The summed E-state index contributed by atoms with van der Waals surface area (Å²) in [5.74, 6) is -0.00925. The molecule has 1 aliphatic rings. The van der Waals surface area contributed by atoms with Crippen LogP contribution in [0.25, 0.3) is 6.08 Å². The number of hydrogen-bond acceptors (Lipinski definition) is 3. The molecule has 2 N–H and O–H groups in total. The van der Waals surface area contributed by atoms with Gasteiger partial charge in [-0.05, 0) is 55.0 Å². The van der Waals surface area contributed by atoms with Crippen molar-refractivity contribution in [2.45, 2.75) is 13.0 Å². The van der Waals surface area contributed by atoms with Crippen LogP contribution in [0.1, 0.15) is 22.8 Å². The topological polar surface area (TPSA) is 67.4 Å². The molecule has 1 aliphatic heterocycles. The predicted octanol–water partition coefficient (Wildman–Crippen LogP) is 3.56. The van der Waals surface area contributed by atoms with E-state index in [2.05, 4.69) is 10.6 Å². The van der Waals surface area contributed by atoms with Gasteiger partial charge >= 0.3 is 0 Å². The molecule has 1 heterocycles. The average Bonchev–Trinajstić information content (AvgIpc) is 2.67. The highest BCUT2D eigenvalue weighted by Gasteiger charge is 2.20. The Morgan fingerprint density at radius 3 is 2.52 bits per heavy atom. The normalized spacial score (nSPS) is 15.9. The van der Waals surface area contributed by atoms with Crippen molar-refractivity contribution in [3.05, 3.63) is 82.0 Å². The molecule has 2 aromatic rings. The fourth-order valence-electron chi connectivity index (χ4n) is 2.68. The number of hydrogen-bond donors (Lipinski definition) is 2. The van der Waals surface area contributed by atoms with Crippen molar-refractivity contribution in [3.63, 3.8) is 0 Å². The lowest BCUT2D eigenvalue weighted by molar-refractivity contribution is -0.117. The number of carbonyl (C=O) groups excluding carboxylic acids is 2. The van der Waals surface area contributed by atoms with E-state index < -0.39 is 11.8 Å². The summed E-state index contributed by atoms with van der Waals surface area (Å²) in [4.78, 5) is 24.8. The zero-order valence-electron chi connectivity index (χ0n) is 15.0. The molecule has 0 spiro atoms. The number of amides is 2. The third kappa shape index (κ3) is 4.38. The lowest BCUT2D eigenvalue weighted by atomic mass is 10.0. The lowest BCUT2D eigenvalue weighted by Gasteiger charge is -2.23. The summed E-state index contributed by atoms with van der Waals surface area (Å²) in [6, 6.07) is 14.1. The molecule has 138 valence electrons. The number of carbonyl (C=O) groups is 2. The average molecular weight is 383 g/mol. The number of ether oxygens (including phenoxy) is 1. The van der Waals surface area contributed by atoms with E-state index in [1.54, 1.807) is 30.3 Å². The zero-order chi connectivity index (χ0) is 19.4. The summed E-state index contributed by atoms with van der Waals surface area (Å²) >= 11 is 5.85. The number of halogens is 1. The van der Waals surface area contributed by atoms with Crippen LogP contribution in [0.5, 0.6) is 5.75 Å². The number of rotatable bonds is 4. The standard InChI is InChI=1S/C21H19ClN2O3/c1-13-16(11-15-5-3-4-6-19(15)27-13)12-18(21(26)23-2)24-20(25)14-7-9-17(22)10-8-14/h3-13H,1-2H3,(H,23,26)(H,24,25)/b18-12-. The zero-order valence-corrected chi connectivity index (χ0v) is 15.7. The van der Waals surface area contributed by atoms with Crippen LogP contribution >= 0.6 is 11.6 Å². The second-order valence-corrected chi connectivity index (χ2v) is 6.48. The van der Waals surface area contributed by atoms with Gasteiger partial charge in [0, 0.05) is 23.2 Å². The van der Waals surface area contributed by atoms with Crippen LogP contribution in [0.15, 0.2) is 65.9 Å². The highest BCUT2D eigenvalue weighted by molar-refractivity contribution is 6.30. The molecule has 5 nitrogen and oxygen atoms in total. The molecule has 0 fully saturated rings. The van der Waals surface area contributed by atoms with Gasteiger partial charge in [0.15, 0.2) is 0 Å². The Balaban J connectivity index is 1.90. The Labute approximate surface area is 162 Å². The summed E-state index contributed by atoms with van der Waals surface area (Å²) in [6.07, 6.45) is 3.32. The van der Waals surface area contributed by atoms with Crippen LogP contribution in [-0.4, -0.2) is 25.0 Å². The highest BCUT2D eigenvalue weighted by Crippen LogP contribution is 2.30. The quantitative estimate of drug-likeness (QED) is 0.794. The van der Waals surface area contributed by atoms with Crippen LogP contribution < -0.4 is 15.4 Å². The van der Waals surface area contributed by atoms with Crippen molar-refractivity contribution in [1.82, 2.24) is 10.6 Å². The minimum absolute atomic E-state index is 0.138. The summed E-state index contributed by atoms with van der Waals surface area (Å²) in [6.45, 7) is 1.89. The molecule has 1 atom stereocenters. The van der Waals surface area contributed by atoms with Gasteiger partial charge in [0.1, 0.15) is 17.6 Å². The van der Waals surface area contributed by atoms with Crippen LogP contribution in [0.4, 0.5) is 0 Å². The molecule has 0 aliphatic carbocycles. The Morgan fingerprint density at radius 2 is 1.81 bits per heavy atom. The molecular weight excluding hydrogens is 364 g/mol. The molecule has 3 rings (SSSR count). The summed E-state index contributed by atoms with van der Waals surface area (Å²) in [7, 11) is 1.51. The fraction of sp³-hybridized carbons (Fsp3) is 0.143. The highest BCUT2D eigenvalue weighted by atomic mass is 35.5. The van der Waals surface area contributed by atoms with E-state index in [0.29, 0.717) is 10.6 Å². The van der Waals surface area contributed by atoms with Crippen LogP contribution in [0, 0.1) is 0 Å². The monoisotopic (exact) mass is 382 g/mol. The van der Waals surface area contributed by atoms with Gasteiger partial charge in [0.25, 0.3) is 11.8 Å². The Hall–Kier alpha value is -3.05. The third-order valence-corrected chi connectivity index (χ3v) is 4.40. The van der Waals surface area contributed by atoms with Crippen molar-refractivity contribution in [3.8, 4) is 5.75 Å². The number of para-hydroxylation sites is 1. The van der Waals surface area contributed by atoms with Gasteiger partial charge in [-0.3, -0.25) is 9.59 Å². The maximum atomic E-state index is 12.5. The maximum absolute atomic E-state index is 12.5. The van der Waals surface area contributed by atoms with Crippen LogP contribution in [-0.2, 0) is 4.79 Å². The molecule has 0 aromatic heterocycles. The van der Waals surface area contributed by atoms with Crippen LogP contribution in [0.2, 0.25) is 5.02 Å². The van der Waals surface area contributed by atoms with E-state index in [1.165, 1.54) is 7.05 Å². The molecule has 1 unspecified atom stereocenters. The molecule has 6 heteroatoms. The Morgan fingerprint density at radius 1 is 1.11 bits per heavy atom. The van der Waals surface area contributed by atoms with E-state index in [-0.39, 0.29) is 11.8 Å². The van der Waals surface area contributed by atoms with Gasteiger partial charge < -0.3 is 15.4 Å². The first-order valence-corrected chi connectivity index (χ1v) is 8.83. The molecule has 27 heavy (non-hydrogen) atoms. The maximum Gasteiger partial charge on any atom is 0.267 e. The van der Waals surface area contributed by atoms with Gasteiger partial charge in [-0.2, -0.15) is 0 Å². The number of fused-ring (bicyclic) bond motifs is 1. The van der Waals surface area contributed by atoms with E-state index in [1.807, 2.05) is 37.3 Å². The molecule has 0 bridgehead atoms. The smallest absolute Gasteiger partial charge is 0.267 e. The van der Waals surface area contributed by atoms with E-state index in [0.717, 1.165) is 16.9 Å². The van der Waals surface area contributed by atoms with Gasteiger partial charge in [-0.1, -0.05) is 29.8 Å². The van der Waals surface area contributed by atoms with Gasteiger partial charge in [-0.15, -0.1) is 0 Å². The van der Waals surface area contributed by atoms with E-state index in [4.69, 9.17) is 16.3 Å². The summed E-state index contributed by atoms with van der Waals surface area (Å²) < 4.78 is 5.89. The molecule has 2 amide bonds. The molecule has 2 aromatic carbocycles. The third-order valence-electron chi connectivity index (χ3n) is 4.15. The summed E-state index contributed by atoms with van der Waals surface area (Å²) in [5.41, 5.74) is 2.24. The predicted molar refractivity (Wildman–Crippen MR) is 106 cm³/mol. The summed E-state index contributed by atoms with van der Waals surface area (Å²) in [5, 5.41) is 5.74. The fourth-order valence-corrected chi connectivity index (χ4v) is 2.80. The first-order chi connectivity index (χ1) is 13.0. The first-order valence-electron chi connectivity index (χ1n) is 8.46. The second-order valence-electron chi connectivity index (χ2n) is 6.04. The number of benzene rings is 2. The SMILES string of the molecule is CNC(=O)/C(=C/C1=Cc2ccccc2OC1C)NC(=O)c1ccc(Cl)cc1. The lowest BCUT2D eigenvalue weighted by Crippen LogP contribution is -2.34. The van der Waals surface area contributed by atoms with Crippen molar-refractivity contribution in [1.29, 1.82) is 0 Å². The van der Waals surface area contributed by atoms with Crippen LogP contribution in [0.3, 0.4) is 0 Å². The van der Waals surface area contributed by atoms with Crippen molar-refractivity contribution in [2.75, 3.05) is 7.05 Å². The second kappa shape index (κ2) is 8.10. The number of likely N-dealkylation sites (N-methyl/N-ethyl adjacent to an activating group) is 1. The Bertz CT molecular complexity index is 933. The van der Waals surface area contributed by atoms with Crippen molar-refractivity contribution >= 4 is 29.5 Å². The minimum atomic E-state index is -0.399. The van der Waals surface area contributed by atoms with Gasteiger partial charge in [0.2, 0.25) is 0 Å².